The quantitative estimate of drug-likeness (QED) is 0.741. The number of halogens is 1. The number of carbonyl (C=O) groups excluding carboxylic acids is 1. The van der Waals surface area contributed by atoms with Crippen molar-refractivity contribution in [3.8, 4) is 5.75 Å². The number of amides is 1. The summed E-state index contributed by atoms with van der Waals surface area (Å²) >= 11 is 5.80. The van der Waals surface area contributed by atoms with Gasteiger partial charge in [0.25, 0.3) is 5.91 Å². The van der Waals surface area contributed by atoms with E-state index >= 15 is 0 Å². The number of carbonyl (C=O) groups is 1. The predicted octanol–water partition coefficient (Wildman–Crippen LogP) is 3.50. The smallest absolute Gasteiger partial charge is 0.255 e. The summed E-state index contributed by atoms with van der Waals surface area (Å²) in [4.78, 5) is 12.2. The second-order valence-corrected chi connectivity index (χ2v) is 5.00. The zero-order chi connectivity index (χ0) is 14.9. The van der Waals surface area contributed by atoms with Crippen LogP contribution in [0, 0.1) is 13.8 Å². The Kier molecular flexibility index (Phi) is 3.86. The summed E-state index contributed by atoms with van der Waals surface area (Å²) in [5.41, 5.74) is 9.27. The van der Waals surface area contributed by atoms with Crippen molar-refractivity contribution in [1.29, 1.82) is 0 Å². The molecule has 0 aliphatic heterocycles. The van der Waals surface area contributed by atoms with E-state index in [1.54, 1.807) is 6.07 Å². The van der Waals surface area contributed by atoms with Crippen molar-refractivity contribution in [3.05, 3.63) is 52.0 Å². The van der Waals surface area contributed by atoms with Gasteiger partial charge in [-0.05, 0) is 49.2 Å². The highest BCUT2D eigenvalue weighted by atomic mass is 35.5. The fourth-order valence-corrected chi connectivity index (χ4v) is 2.07. The lowest BCUT2D eigenvalue weighted by Crippen LogP contribution is -2.14. The zero-order valence-corrected chi connectivity index (χ0v) is 12.0. The number of hydrogen-bond donors (Lipinski definition) is 3. The maximum atomic E-state index is 12.2. The molecule has 2 rings (SSSR count). The third-order valence-electron chi connectivity index (χ3n) is 3.16. The van der Waals surface area contributed by atoms with Gasteiger partial charge < -0.3 is 16.2 Å². The highest BCUT2D eigenvalue weighted by molar-refractivity contribution is 6.32. The first-order chi connectivity index (χ1) is 9.40. The van der Waals surface area contributed by atoms with Crippen LogP contribution in [-0.4, -0.2) is 11.0 Å². The first-order valence-electron chi connectivity index (χ1n) is 6.05. The van der Waals surface area contributed by atoms with Gasteiger partial charge in [0.1, 0.15) is 5.75 Å². The van der Waals surface area contributed by atoms with Gasteiger partial charge in [0.2, 0.25) is 0 Å². The minimum absolute atomic E-state index is 0.0560. The van der Waals surface area contributed by atoms with Crippen molar-refractivity contribution < 1.29 is 9.90 Å². The highest BCUT2D eigenvalue weighted by Crippen LogP contribution is 2.27. The summed E-state index contributed by atoms with van der Waals surface area (Å²) in [6.45, 7) is 3.74. The molecule has 0 unspecified atom stereocenters. The summed E-state index contributed by atoms with van der Waals surface area (Å²) in [6.07, 6.45) is 0. The summed E-state index contributed by atoms with van der Waals surface area (Å²) in [6, 6.07) is 7.96. The maximum Gasteiger partial charge on any atom is 0.255 e. The molecule has 0 saturated carbocycles. The SMILES string of the molecule is Cc1ccc(N)c(C)c1NC(=O)c1ccc(O)c(Cl)c1. The van der Waals surface area contributed by atoms with Gasteiger partial charge in [-0.15, -0.1) is 0 Å². The number of phenolic OH excluding ortho intramolecular Hbond substituents is 1. The van der Waals surface area contributed by atoms with Crippen LogP contribution >= 0.6 is 11.6 Å². The number of aromatic hydroxyl groups is 1. The lowest BCUT2D eigenvalue weighted by molar-refractivity contribution is 0.102. The molecule has 5 heteroatoms. The van der Waals surface area contributed by atoms with Gasteiger partial charge in [0.15, 0.2) is 0 Å². The number of phenols is 1. The monoisotopic (exact) mass is 290 g/mol. The second-order valence-electron chi connectivity index (χ2n) is 4.59. The first-order valence-corrected chi connectivity index (χ1v) is 6.43. The first kappa shape index (κ1) is 14.2. The molecule has 0 heterocycles. The maximum absolute atomic E-state index is 12.2. The number of nitrogens with two attached hydrogens (primary N) is 1. The molecule has 0 bridgehead atoms. The minimum atomic E-state index is -0.302. The molecule has 4 nitrogen and oxygen atoms in total. The van der Waals surface area contributed by atoms with E-state index in [9.17, 15) is 9.90 Å². The van der Waals surface area contributed by atoms with Crippen LogP contribution in [0.2, 0.25) is 5.02 Å². The Bertz CT molecular complexity index is 684. The van der Waals surface area contributed by atoms with Crippen LogP contribution in [-0.2, 0) is 0 Å². The van der Waals surface area contributed by atoms with Crippen LogP contribution in [0.1, 0.15) is 21.5 Å². The fourth-order valence-electron chi connectivity index (χ4n) is 1.89. The normalized spacial score (nSPS) is 10.3. The Morgan fingerprint density at radius 1 is 1.25 bits per heavy atom. The molecule has 4 N–H and O–H groups in total. The molecule has 0 aromatic heterocycles. The molecule has 0 saturated heterocycles. The van der Waals surface area contributed by atoms with Crippen molar-refractivity contribution in [2.24, 2.45) is 0 Å². The molecule has 1 amide bonds. The molecular weight excluding hydrogens is 276 g/mol. The van der Waals surface area contributed by atoms with E-state index in [1.165, 1.54) is 18.2 Å². The van der Waals surface area contributed by atoms with E-state index < -0.39 is 0 Å². The van der Waals surface area contributed by atoms with E-state index in [1.807, 2.05) is 19.9 Å². The minimum Gasteiger partial charge on any atom is -0.506 e. The van der Waals surface area contributed by atoms with Gasteiger partial charge in [0, 0.05) is 16.9 Å². The van der Waals surface area contributed by atoms with Crippen LogP contribution in [0.25, 0.3) is 0 Å². The number of anilines is 2. The van der Waals surface area contributed by atoms with Crippen molar-refractivity contribution in [2.75, 3.05) is 11.1 Å². The Balaban J connectivity index is 2.32. The molecule has 2 aromatic carbocycles. The van der Waals surface area contributed by atoms with Gasteiger partial charge >= 0.3 is 0 Å². The van der Waals surface area contributed by atoms with E-state index in [0.717, 1.165) is 11.1 Å². The molecular formula is C15H15ClN2O2. The average molecular weight is 291 g/mol. The van der Waals surface area contributed by atoms with Gasteiger partial charge in [-0.2, -0.15) is 0 Å². The largest absolute Gasteiger partial charge is 0.506 e. The van der Waals surface area contributed by atoms with Crippen LogP contribution in [0.15, 0.2) is 30.3 Å². The standard InChI is InChI=1S/C15H15ClN2O2/c1-8-3-5-12(17)9(2)14(8)18-15(20)10-4-6-13(19)11(16)7-10/h3-7,19H,17H2,1-2H3,(H,18,20). The molecule has 2 aromatic rings. The molecule has 0 aliphatic carbocycles. The molecule has 0 spiro atoms. The van der Waals surface area contributed by atoms with Crippen LogP contribution in [0.5, 0.6) is 5.75 Å². The Labute approximate surface area is 122 Å². The Morgan fingerprint density at radius 3 is 2.60 bits per heavy atom. The van der Waals surface area contributed by atoms with Crippen LogP contribution < -0.4 is 11.1 Å². The summed E-state index contributed by atoms with van der Waals surface area (Å²) in [7, 11) is 0. The lowest BCUT2D eigenvalue weighted by atomic mass is 10.1. The topological polar surface area (TPSA) is 75.3 Å². The molecule has 0 atom stereocenters. The van der Waals surface area contributed by atoms with Crippen LogP contribution in [0.3, 0.4) is 0 Å². The molecule has 104 valence electrons. The van der Waals surface area contributed by atoms with Gasteiger partial charge in [0.05, 0.1) is 5.02 Å². The third kappa shape index (κ3) is 2.70. The second kappa shape index (κ2) is 5.43. The molecule has 0 aliphatic rings. The average Bonchev–Trinajstić information content (AvgIpc) is 2.42. The van der Waals surface area contributed by atoms with E-state index in [0.29, 0.717) is 16.9 Å². The summed E-state index contributed by atoms with van der Waals surface area (Å²) < 4.78 is 0. The summed E-state index contributed by atoms with van der Waals surface area (Å²) in [5, 5.41) is 12.3. The third-order valence-corrected chi connectivity index (χ3v) is 3.47. The lowest BCUT2D eigenvalue weighted by Gasteiger charge is -2.13. The number of nitrogens with one attached hydrogen (secondary N) is 1. The number of benzene rings is 2. The van der Waals surface area contributed by atoms with Crippen molar-refractivity contribution in [2.45, 2.75) is 13.8 Å². The molecule has 0 fully saturated rings. The van der Waals surface area contributed by atoms with Crippen molar-refractivity contribution in [1.82, 2.24) is 0 Å². The van der Waals surface area contributed by atoms with E-state index in [4.69, 9.17) is 17.3 Å². The summed E-state index contributed by atoms with van der Waals surface area (Å²) in [5.74, 6) is -0.358. The number of aryl methyl sites for hydroxylation is 1. The Morgan fingerprint density at radius 2 is 1.95 bits per heavy atom. The fraction of sp³-hybridized carbons (Fsp3) is 0.133. The van der Waals surface area contributed by atoms with Crippen molar-refractivity contribution >= 4 is 28.9 Å². The number of hydrogen-bond acceptors (Lipinski definition) is 3. The number of rotatable bonds is 2. The van der Waals surface area contributed by atoms with Crippen molar-refractivity contribution in [3.63, 3.8) is 0 Å². The van der Waals surface area contributed by atoms with Gasteiger partial charge in [-0.3, -0.25) is 4.79 Å². The van der Waals surface area contributed by atoms with Crippen LogP contribution in [0.4, 0.5) is 11.4 Å². The Hall–Kier alpha value is -2.20. The zero-order valence-electron chi connectivity index (χ0n) is 11.2. The molecule has 0 radical (unpaired) electrons. The van der Waals surface area contributed by atoms with Gasteiger partial charge in [-0.1, -0.05) is 17.7 Å². The predicted molar refractivity (Wildman–Crippen MR) is 81.4 cm³/mol. The van der Waals surface area contributed by atoms with E-state index in [-0.39, 0.29) is 16.7 Å². The van der Waals surface area contributed by atoms with E-state index in [2.05, 4.69) is 5.32 Å². The number of nitrogen functional groups attached to an aromatic ring is 1. The highest BCUT2D eigenvalue weighted by Gasteiger charge is 2.12. The molecule has 20 heavy (non-hydrogen) atoms. The van der Waals surface area contributed by atoms with Gasteiger partial charge in [-0.25, -0.2) is 0 Å².